The monoisotopic (exact) mass is 216 g/mol. The van der Waals surface area contributed by atoms with Gasteiger partial charge in [0.2, 0.25) is 5.13 Å². The first-order valence-corrected chi connectivity index (χ1v) is 5.34. The number of nitrogen functional groups attached to an aromatic ring is 1. The summed E-state index contributed by atoms with van der Waals surface area (Å²) in [7, 11) is 1.70. The van der Waals surface area contributed by atoms with Crippen molar-refractivity contribution in [2.24, 2.45) is 0 Å². The van der Waals surface area contributed by atoms with E-state index in [2.05, 4.69) is 22.4 Å². The van der Waals surface area contributed by atoms with Gasteiger partial charge < -0.3 is 15.8 Å². The summed E-state index contributed by atoms with van der Waals surface area (Å²) in [5, 5.41) is 12.5. The van der Waals surface area contributed by atoms with Crippen LogP contribution < -0.4 is 11.1 Å². The molecular formula is C8H16N4OS. The Balaban J connectivity index is 2.15. The standard InChI is InChI=1S/C8H16N4OS/c1-6(5-13-2)10-4-3-7-11-12-8(9)14-7/h6,10H,3-5H2,1-2H3,(H2,9,12)/t6-/m1/s1. The van der Waals surface area contributed by atoms with Gasteiger partial charge in [0.15, 0.2) is 0 Å². The number of hydrogen-bond acceptors (Lipinski definition) is 6. The molecule has 5 nitrogen and oxygen atoms in total. The highest BCUT2D eigenvalue weighted by Gasteiger charge is 2.02. The van der Waals surface area contributed by atoms with Gasteiger partial charge in [0, 0.05) is 26.1 Å². The van der Waals surface area contributed by atoms with Crippen LogP contribution >= 0.6 is 11.3 Å². The summed E-state index contributed by atoms with van der Waals surface area (Å²) in [6.07, 6.45) is 0.864. The fraction of sp³-hybridized carbons (Fsp3) is 0.750. The van der Waals surface area contributed by atoms with Crippen molar-refractivity contribution >= 4 is 16.5 Å². The largest absolute Gasteiger partial charge is 0.383 e. The minimum Gasteiger partial charge on any atom is -0.383 e. The number of anilines is 1. The molecular weight excluding hydrogens is 200 g/mol. The van der Waals surface area contributed by atoms with E-state index in [0.717, 1.165) is 24.6 Å². The average molecular weight is 216 g/mol. The van der Waals surface area contributed by atoms with E-state index in [4.69, 9.17) is 10.5 Å². The van der Waals surface area contributed by atoms with Crippen molar-refractivity contribution in [1.29, 1.82) is 0 Å². The molecule has 0 bridgehead atoms. The van der Waals surface area contributed by atoms with Gasteiger partial charge in [0.1, 0.15) is 5.01 Å². The lowest BCUT2D eigenvalue weighted by atomic mass is 10.3. The highest BCUT2D eigenvalue weighted by atomic mass is 32.1. The van der Waals surface area contributed by atoms with Crippen molar-refractivity contribution in [2.75, 3.05) is 26.0 Å². The maximum absolute atomic E-state index is 5.46. The normalized spacial score (nSPS) is 13.0. The van der Waals surface area contributed by atoms with Crippen LogP contribution in [0.3, 0.4) is 0 Å². The molecule has 0 radical (unpaired) electrons. The van der Waals surface area contributed by atoms with Crippen molar-refractivity contribution in [1.82, 2.24) is 15.5 Å². The van der Waals surface area contributed by atoms with E-state index >= 15 is 0 Å². The molecule has 0 fully saturated rings. The SMILES string of the molecule is COC[C@@H](C)NCCc1nnc(N)s1. The van der Waals surface area contributed by atoms with Crippen LogP contribution in [0.2, 0.25) is 0 Å². The van der Waals surface area contributed by atoms with Crippen molar-refractivity contribution in [2.45, 2.75) is 19.4 Å². The summed E-state index contributed by atoms with van der Waals surface area (Å²) in [6, 6.07) is 0.366. The molecule has 1 aromatic heterocycles. The van der Waals surface area contributed by atoms with E-state index < -0.39 is 0 Å². The quantitative estimate of drug-likeness (QED) is 0.715. The molecule has 0 aliphatic heterocycles. The topological polar surface area (TPSA) is 73.1 Å². The first-order valence-electron chi connectivity index (χ1n) is 4.52. The minimum absolute atomic E-state index is 0.366. The molecule has 0 aliphatic carbocycles. The first-order chi connectivity index (χ1) is 6.72. The molecule has 0 aromatic carbocycles. The van der Waals surface area contributed by atoms with E-state index in [0.29, 0.717) is 11.2 Å². The van der Waals surface area contributed by atoms with Crippen LogP contribution in [0.15, 0.2) is 0 Å². The third-order valence-electron chi connectivity index (χ3n) is 1.73. The van der Waals surface area contributed by atoms with Gasteiger partial charge in [0.05, 0.1) is 6.61 Å². The highest BCUT2D eigenvalue weighted by molar-refractivity contribution is 7.15. The number of methoxy groups -OCH3 is 1. The zero-order valence-electron chi connectivity index (χ0n) is 8.49. The van der Waals surface area contributed by atoms with E-state index in [1.165, 1.54) is 11.3 Å². The summed E-state index contributed by atoms with van der Waals surface area (Å²) < 4.78 is 5.00. The van der Waals surface area contributed by atoms with Gasteiger partial charge in [-0.1, -0.05) is 11.3 Å². The number of rotatable bonds is 6. The predicted octanol–water partition coefficient (Wildman–Crippen LogP) is 0.287. The van der Waals surface area contributed by atoms with Crippen LogP contribution in [0.1, 0.15) is 11.9 Å². The number of aromatic nitrogens is 2. The Labute approximate surface area is 87.7 Å². The van der Waals surface area contributed by atoms with Gasteiger partial charge in [-0.2, -0.15) is 0 Å². The molecule has 0 spiro atoms. The molecule has 6 heteroatoms. The van der Waals surface area contributed by atoms with Crippen LogP contribution in [0.4, 0.5) is 5.13 Å². The first kappa shape index (κ1) is 11.4. The summed E-state index contributed by atoms with van der Waals surface area (Å²) in [4.78, 5) is 0. The lowest BCUT2D eigenvalue weighted by molar-refractivity contribution is 0.172. The molecule has 14 heavy (non-hydrogen) atoms. The number of nitrogens with zero attached hydrogens (tertiary/aromatic N) is 2. The van der Waals surface area contributed by atoms with E-state index in [1.54, 1.807) is 7.11 Å². The van der Waals surface area contributed by atoms with Gasteiger partial charge in [-0.25, -0.2) is 0 Å². The number of hydrogen-bond donors (Lipinski definition) is 2. The fourth-order valence-corrected chi connectivity index (χ4v) is 1.71. The van der Waals surface area contributed by atoms with Gasteiger partial charge in [-0.05, 0) is 6.92 Å². The second-order valence-corrected chi connectivity index (χ2v) is 4.19. The van der Waals surface area contributed by atoms with Gasteiger partial charge in [-0.15, -0.1) is 10.2 Å². The molecule has 1 atom stereocenters. The maximum atomic E-state index is 5.46. The van der Waals surface area contributed by atoms with Crippen LogP contribution in [0.25, 0.3) is 0 Å². The number of nitrogens with one attached hydrogen (secondary N) is 1. The Morgan fingerprint density at radius 2 is 2.36 bits per heavy atom. The Kier molecular flexibility index (Phi) is 4.78. The Morgan fingerprint density at radius 1 is 1.57 bits per heavy atom. The van der Waals surface area contributed by atoms with E-state index in [1.807, 2.05) is 0 Å². The molecule has 0 saturated carbocycles. The van der Waals surface area contributed by atoms with Crippen LogP contribution in [0, 0.1) is 0 Å². The van der Waals surface area contributed by atoms with Crippen molar-refractivity contribution < 1.29 is 4.74 Å². The number of nitrogens with two attached hydrogens (primary N) is 1. The molecule has 1 rings (SSSR count). The average Bonchev–Trinajstić information content (AvgIpc) is 2.52. The third kappa shape index (κ3) is 3.99. The predicted molar refractivity (Wildman–Crippen MR) is 57.4 cm³/mol. The molecule has 1 heterocycles. The molecule has 0 aliphatic rings. The van der Waals surface area contributed by atoms with Crippen molar-refractivity contribution in [3.63, 3.8) is 0 Å². The number of ether oxygens (including phenoxy) is 1. The van der Waals surface area contributed by atoms with Crippen LogP contribution in [0.5, 0.6) is 0 Å². The Bertz CT molecular complexity index is 266. The lowest BCUT2D eigenvalue weighted by Gasteiger charge is -2.11. The van der Waals surface area contributed by atoms with Gasteiger partial charge in [0.25, 0.3) is 0 Å². The van der Waals surface area contributed by atoms with Crippen LogP contribution in [-0.4, -0.2) is 36.5 Å². The third-order valence-corrected chi connectivity index (χ3v) is 2.54. The van der Waals surface area contributed by atoms with E-state index in [-0.39, 0.29) is 0 Å². The second-order valence-electron chi connectivity index (χ2n) is 3.09. The van der Waals surface area contributed by atoms with Crippen molar-refractivity contribution in [3.05, 3.63) is 5.01 Å². The summed E-state index contributed by atoms with van der Waals surface area (Å²) in [5.74, 6) is 0. The smallest absolute Gasteiger partial charge is 0.203 e. The van der Waals surface area contributed by atoms with Crippen LogP contribution in [-0.2, 0) is 11.2 Å². The minimum atomic E-state index is 0.366. The summed E-state index contributed by atoms with van der Waals surface area (Å²) >= 11 is 1.44. The molecule has 80 valence electrons. The van der Waals surface area contributed by atoms with Gasteiger partial charge in [-0.3, -0.25) is 0 Å². The summed E-state index contributed by atoms with van der Waals surface area (Å²) in [6.45, 7) is 3.68. The Hall–Kier alpha value is -0.720. The summed E-state index contributed by atoms with van der Waals surface area (Å²) in [5.41, 5.74) is 5.46. The molecule has 0 amide bonds. The zero-order chi connectivity index (χ0) is 10.4. The Morgan fingerprint density at radius 3 is 2.93 bits per heavy atom. The highest BCUT2D eigenvalue weighted by Crippen LogP contribution is 2.10. The molecule has 0 saturated heterocycles. The van der Waals surface area contributed by atoms with E-state index in [9.17, 15) is 0 Å². The maximum Gasteiger partial charge on any atom is 0.203 e. The second kappa shape index (κ2) is 5.90. The molecule has 0 unspecified atom stereocenters. The van der Waals surface area contributed by atoms with Crippen molar-refractivity contribution in [3.8, 4) is 0 Å². The zero-order valence-corrected chi connectivity index (χ0v) is 9.30. The van der Waals surface area contributed by atoms with Gasteiger partial charge >= 0.3 is 0 Å². The lowest BCUT2D eigenvalue weighted by Crippen LogP contribution is -2.31. The fourth-order valence-electron chi connectivity index (χ4n) is 1.10. The molecule has 3 N–H and O–H groups in total. The molecule has 1 aromatic rings.